The predicted molar refractivity (Wildman–Crippen MR) is 139 cm³/mol. The molecule has 1 N–H and O–H groups in total. The molecular weight excluding hydrogens is 452 g/mol. The zero-order valence-electron chi connectivity index (χ0n) is 21.7. The van der Waals surface area contributed by atoms with Crippen molar-refractivity contribution in [2.75, 3.05) is 26.7 Å². The normalized spacial score (nSPS) is 21.2. The second-order valence-corrected chi connectivity index (χ2v) is 10.4. The zero-order valence-corrected chi connectivity index (χ0v) is 21.7. The predicted octanol–water partition coefficient (Wildman–Crippen LogP) is 3.76. The van der Waals surface area contributed by atoms with Crippen molar-refractivity contribution in [1.82, 2.24) is 19.8 Å². The molecule has 7 nitrogen and oxygen atoms in total. The Bertz CT molecular complexity index is 1070. The minimum atomic E-state index is -0.310. The molecule has 2 aromatic rings. The van der Waals surface area contributed by atoms with Gasteiger partial charge in [-0.3, -0.25) is 14.7 Å². The van der Waals surface area contributed by atoms with Gasteiger partial charge in [-0.1, -0.05) is 37.7 Å². The Hall–Kier alpha value is -2.95. The largest absolute Gasteiger partial charge is 0.472 e. The number of nitrogens with zero attached hydrogens (tertiary/aromatic N) is 4. The highest BCUT2D eigenvalue weighted by atomic mass is 16.5. The van der Waals surface area contributed by atoms with Crippen molar-refractivity contribution >= 4 is 5.91 Å². The van der Waals surface area contributed by atoms with E-state index < -0.39 is 0 Å². The molecule has 0 radical (unpaired) electrons. The molecule has 1 saturated carbocycles. The Balaban J connectivity index is 1.57. The highest BCUT2D eigenvalue weighted by molar-refractivity contribution is 5.97. The van der Waals surface area contributed by atoms with Crippen LogP contribution in [0.3, 0.4) is 0 Å². The van der Waals surface area contributed by atoms with Gasteiger partial charge < -0.3 is 14.7 Å². The maximum Gasteiger partial charge on any atom is 0.259 e. The van der Waals surface area contributed by atoms with E-state index >= 15 is 0 Å². The second kappa shape index (κ2) is 12.3. The van der Waals surface area contributed by atoms with Crippen LogP contribution >= 0.6 is 0 Å². The molecule has 1 aliphatic carbocycles. The fourth-order valence-corrected chi connectivity index (χ4v) is 5.04. The molecule has 0 saturated heterocycles. The number of aliphatic hydroxyl groups is 1. The quantitative estimate of drug-likeness (QED) is 0.596. The van der Waals surface area contributed by atoms with E-state index in [1.807, 2.05) is 32.2 Å². The number of aromatic nitrogens is 2. The maximum atomic E-state index is 13.6. The van der Waals surface area contributed by atoms with Crippen molar-refractivity contribution in [1.29, 1.82) is 0 Å². The van der Waals surface area contributed by atoms with Crippen LogP contribution in [0.15, 0.2) is 36.7 Å². The van der Waals surface area contributed by atoms with Gasteiger partial charge in [-0.15, -0.1) is 0 Å². The molecule has 0 spiro atoms. The monoisotopic (exact) mass is 490 g/mol. The Morgan fingerprint density at radius 1 is 1.28 bits per heavy atom. The van der Waals surface area contributed by atoms with Crippen LogP contribution in [0.4, 0.5) is 0 Å². The minimum Gasteiger partial charge on any atom is -0.472 e. The van der Waals surface area contributed by atoms with Crippen molar-refractivity contribution in [3.63, 3.8) is 0 Å². The fourth-order valence-electron chi connectivity index (χ4n) is 5.04. The third-order valence-corrected chi connectivity index (χ3v) is 7.27. The summed E-state index contributed by atoms with van der Waals surface area (Å²) in [5.74, 6) is 7.39. The average molecular weight is 491 g/mol. The van der Waals surface area contributed by atoms with E-state index in [4.69, 9.17) is 4.74 Å². The van der Waals surface area contributed by atoms with E-state index in [0.717, 1.165) is 17.7 Å². The number of carbonyl (C=O) groups is 1. The Morgan fingerprint density at radius 2 is 2.08 bits per heavy atom. The SMILES string of the molecule is C[C@@H]1CN([C@H](C)CO)C(=O)c2cc(C#CCC3CCCC3)cnc2O[C@@H]1CN(C)Cc1ccccn1. The summed E-state index contributed by atoms with van der Waals surface area (Å²) in [6.45, 7) is 5.67. The van der Waals surface area contributed by atoms with Crippen LogP contribution in [0.1, 0.15) is 67.6 Å². The van der Waals surface area contributed by atoms with Crippen LogP contribution in [0, 0.1) is 23.7 Å². The van der Waals surface area contributed by atoms with E-state index in [2.05, 4.69) is 33.6 Å². The Kier molecular flexibility index (Phi) is 8.95. The summed E-state index contributed by atoms with van der Waals surface area (Å²) >= 11 is 0. The minimum absolute atomic E-state index is 0.0370. The van der Waals surface area contributed by atoms with Gasteiger partial charge in [-0.05, 0) is 50.9 Å². The second-order valence-electron chi connectivity index (χ2n) is 10.4. The summed E-state index contributed by atoms with van der Waals surface area (Å²) in [4.78, 5) is 26.5. The lowest BCUT2D eigenvalue weighted by molar-refractivity contribution is 0.0324. The van der Waals surface area contributed by atoms with Crippen LogP contribution in [0.5, 0.6) is 5.88 Å². The number of hydrogen-bond acceptors (Lipinski definition) is 6. The summed E-state index contributed by atoms with van der Waals surface area (Å²) in [6, 6.07) is 7.39. The van der Waals surface area contributed by atoms with Crippen LogP contribution in [-0.2, 0) is 6.54 Å². The summed E-state index contributed by atoms with van der Waals surface area (Å²) in [7, 11) is 2.04. The number of likely N-dealkylation sites (N-methyl/N-ethyl adjacent to an activating group) is 1. The first-order valence-electron chi connectivity index (χ1n) is 13.1. The number of hydrogen-bond donors (Lipinski definition) is 1. The number of carbonyl (C=O) groups excluding carboxylic acids is 1. The topological polar surface area (TPSA) is 78.8 Å². The van der Waals surface area contributed by atoms with Crippen LogP contribution < -0.4 is 4.74 Å². The molecule has 0 aromatic carbocycles. The van der Waals surface area contributed by atoms with Gasteiger partial charge in [0.05, 0.1) is 18.3 Å². The van der Waals surface area contributed by atoms with Crippen molar-refractivity contribution in [2.45, 2.75) is 64.6 Å². The first-order chi connectivity index (χ1) is 17.4. The zero-order chi connectivity index (χ0) is 25.5. The molecule has 2 aromatic heterocycles. The molecule has 0 bridgehead atoms. The number of rotatable bonds is 7. The summed E-state index contributed by atoms with van der Waals surface area (Å²) in [5, 5.41) is 9.87. The van der Waals surface area contributed by atoms with Gasteiger partial charge in [0, 0.05) is 49.9 Å². The van der Waals surface area contributed by atoms with Crippen LogP contribution in [0.25, 0.3) is 0 Å². The molecule has 7 heteroatoms. The van der Waals surface area contributed by atoms with E-state index in [-0.39, 0.29) is 30.6 Å². The molecule has 3 atom stereocenters. The van der Waals surface area contributed by atoms with Gasteiger partial charge >= 0.3 is 0 Å². The van der Waals surface area contributed by atoms with Gasteiger partial charge in [0.25, 0.3) is 5.91 Å². The van der Waals surface area contributed by atoms with Crippen molar-refractivity contribution in [2.24, 2.45) is 11.8 Å². The van der Waals surface area contributed by atoms with Crippen molar-refractivity contribution in [3.05, 3.63) is 53.5 Å². The lowest BCUT2D eigenvalue weighted by atomic mass is 9.99. The van der Waals surface area contributed by atoms with Gasteiger partial charge in [-0.25, -0.2) is 4.98 Å². The summed E-state index contributed by atoms with van der Waals surface area (Å²) in [6.07, 6.45) is 9.31. The average Bonchev–Trinajstić information content (AvgIpc) is 3.40. The smallest absolute Gasteiger partial charge is 0.259 e. The number of pyridine rings is 2. The van der Waals surface area contributed by atoms with Gasteiger partial charge in [0.2, 0.25) is 5.88 Å². The van der Waals surface area contributed by atoms with Crippen LogP contribution in [0.2, 0.25) is 0 Å². The van der Waals surface area contributed by atoms with E-state index in [9.17, 15) is 9.90 Å². The maximum absolute atomic E-state index is 13.6. The molecule has 1 amide bonds. The molecule has 1 fully saturated rings. The van der Waals surface area contributed by atoms with E-state index in [1.165, 1.54) is 25.7 Å². The molecule has 3 heterocycles. The number of aliphatic hydroxyl groups excluding tert-OH is 1. The summed E-state index contributed by atoms with van der Waals surface area (Å²) in [5.41, 5.74) is 2.12. The molecule has 36 heavy (non-hydrogen) atoms. The van der Waals surface area contributed by atoms with Crippen molar-refractivity contribution in [3.8, 4) is 17.7 Å². The lowest BCUT2D eigenvalue weighted by Crippen LogP contribution is -2.49. The Morgan fingerprint density at radius 3 is 2.81 bits per heavy atom. The van der Waals surface area contributed by atoms with E-state index in [0.29, 0.717) is 37.0 Å². The third-order valence-electron chi connectivity index (χ3n) is 7.27. The lowest BCUT2D eigenvalue weighted by Gasteiger charge is -2.37. The van der Waals surface area contributed by atoms with Crippen LogP contribution in [-0.4, -0.2) is 69.7 Å². The number of amides is 1. The standard InChI is InChI=1S/C29H38N4O3/c1-21-17-33(22(2)20-34)29(35)26-15-24(12-8-11-23-9-4-5-10-23)16-31-28(26)36-27(21)19-32(3)18-25-13-6-7-14-30-25/h6-7,13-16,21-23,27,34H,4-5,9-11,17-20H2,1-3H3/t21-,22-,27-/m1/s1. The molecular formula is C29H38N4O3. The molecule has 4 rings (SSSR count). The van der Waals surface area contributed by atoms with Crippen molar-refractivity contribution < 1.29 is 14.6 Å². The third kappa shape index (κ3) is 6.63. The first kappa shape index (κ1) is 26.1. The molecule has 0 unspecified atom stereocenters. The first-order valence-corrected chi connectivity index (χ1v) is 13.1. The Labute approximate surface area is 214 Å². The highest BCUT2D eigenvalue weighted by Gasteiger charge is 2.34. The van der Waals surface area contributed by atoms with Gasteiger partial charge in [0.15, 0.2) is 0 Å². The number of fused-ring (bicyclic) bond motifs is 1. The molecule has 1 aliphatic heterocycles. The summed E-state index contributed by atoms with van der Waals surface area (Å²) < 4.78 is 6.40. The number of ether oxygens (including phenoxy) is 1. The fraction of sp³-hybridized carbons (Fsp3) is 0.552. The van der Waals surface area contributed by atoms with E-state index in [1.54, 1.807) is 23.4 Å². The van der Waals surface area contributed by atoms with Gasteiger partial charge in [0.1, 0.15) is 11.7 Å². The van der Waals surface area contributed by atoms with Gasteiger partial charge in [-0.2, -0.15) is 0 Å². The molecule has 2 aliphatic rings. The highest BCUT2D eigenvalue weighted by Crippen LogP contribution is 2.28. The molecule has 192 valence electrons.